The molecule has 2 heterocycles. The van der Waals surface area contributed by atoms with Crippen LogP contribution >= 0.6 is 0 Å². The van der Waals surface area contributed by atoms with Crippen LogP contribution in [0.4, 0.5) is 5.82 Å². The van der Waals surface area contributed by atoms with Crippen LogP contribution in [0.2, 0.25) is 0 Å². The summed E-state index contributed by atoms with van der Waals surface area (Å²) in [4.78, 5) is 9.17. The van der Waals surface area contributed by atoms with Gasteiger partial charge in [-0.25, -0.2) is 9.97 Å². The Hall–Kier alpha value is -2.50. The van der Waals surface area contributed by atoms with Crippen molar-refractivity contribution < 1.29 is 0 Å². The zero-order valence-corrected chi connectivity index (χ0v) is 11.1. The second-order valence-corrected chi connectivity index (χ2v) is 4.98. The zero-order chi connectivity index (χ0) is 13.5. The second-order valence-electron chi connectivity index (χ2n) is 4.98. The molecule has 2 aromatic heterocycles. The lowest BCUT2D eigenvalue weighted by Crippen LogP contribution is -2.06. The number of para-hydroxylation sites is 1. The first kappa shape index (κ1) is 11.3. The van der Waals surface area contributed by atoms with Gasteiger partial charge in [0.1, 0.15) is 17.2 Å². The van der Waals surface area contributed by atoms with Gasteiger partial charge in [-0.2, -0.15) is 4.68 Å². The number of fused-ring (bicyclic) bond motifs is 1. The molecule has 100 valence electrons. The molecule has 0 bridgehead atoms. The van der Waals surface area contributed by atoms with Crippen LogP contribution in [0.25, 0.3) is 16.9 Å². The van der Waals surface area contributed by atoms with Crippen molar-refractivity contribution in [3.05, 3.63) is 36.2 Å². The van der Waals surface area contributed by atoms with Gasteiger partial charge in [0.2, 0.25) is 0 Å². The monoisotopic (exact) mass is 266 g/mol. The molecular weight excluding hydrogens is 252 g/mol. The molecule has 0 unspecified atom stereocenters. The Morgan fingerprint density at radius 3 is 2.85 bits per heavy atom. The predicted molar refractivity (Wildman–Crippen MR) is 76.0 cm³/mol. The first-order valence-electron chi connectivity index (χ1n) is 6.73. The van der Waals surface area contributed by atoms with Gasteiger partial charge in [-0.3, -0.25) is 0 Å². The molecule has 1 fully saturated rings. The molecule has 6 heteroatoms. The minimum atomic E-state index is 0.497. The van der Waals surface area contributed by atoms with Crippen molar-refractivity contribution in [1.29, 1.82) is 0 Å². The van der Waals surface area contributed by atoms with Crippen molar-refractivity contribution in [1.82, 2.24) is 25.0 Å². The van der Waals surface area contributed by atoms with Gasteiger partial charge >= 0.3 is 0 Å². The van der Waals surface area contributed by atoms with Crippen LogP contribution < -0.4 is 5.32 Å². The molecule has 4 rings (SSSR count). The summed E-state index contributed by atoms with van der Waals surface area (Å²) in [6.45, 7) is 0. The third kappa shape index (κ3) is 1.80. The van der Waals surface area contributed by atoms with Gasteiger partial charge in [0.15, 0.2) is 5.82 Å². The van der Waals surface area contributed by atoms with Crippen molar-refractivity contribution in [2.75, 3.05) is 12.4 Å². The standard InChI is InChI=1S/C14H14N6/c1-15-12-8-13(17-14(16-12)9-6-7-9)20-11-5-3-2-4-10(11)18-19-20/h2-5,8-9H,6-7H2,1H3,(H,15,16,17). The van der Waals surface area contributed by atoms with Crippen LogP contribution in [0, 0.1) is 0 Å². The Kier molecular flexibility index (Phi) is 2.42. The van der Waals surface area contributed by atoms with Gasteiger partial charge in [-0.1, -0.05) is 17.3 Å². The number of rotatable bonds is 3. The van der Waals surface area contributed by atoms with E-state index in [0.29, 0.717) is 5.92 Å². The summed E-state index contributed by atoms with van der Waals surface area (Å²) in [5.41, 5.74) is 1.82. The number of anilines is 1. The molecular formula is C14H14N6. The molecule has 0 radical (unpaired) electrons. The number of nitrogens with one attached hydrogen (secondary N) is 1. The highest BCUT2D eigenvalue weighted by Gasteiger charge is 2.27. The first-order valence-corrected chi connectivity index (χ1v) is 6.73. The van der Waals surface area contributed by atoms with Gasteiger partial charge in [0.25, 0.3) is 0 Å². The number of aromatic nitrogens is 5. The van der Waals surface area contributed by atoms with Crippen LogP contribution in [0.5, 0.6) is 0 Å². The molecule has 1 saturated carbocycles. The highest BCUT2D eigenvalue weighted by atomic mass is 15.4. The van der Waals surface area contributed by atoms with E-state index in [2.05, 4.69) is 25.6 Å². The van der Waals surface area contributed by atoms with Crippen LogP contribution in [-0.4, -0.2) is 32.0 Å². The van der Waals surface area contributed by atoms with E-state index in [4.69, 9.17) is 0 Å². The van der Waals surface area contributed by atoms with E-state index in [-0.39, 0.29) is 0 Å². The Morgan fingerprint density at radius 2 is 2.05 bits per heavy atom. The molecule has 3 aromatic rings. The summed E-state index contributed by atoms with van der Waals surface area (Å²) in [7, 11) is 1.86. The van der Waals surface area contributed by atoms with Crippen molar-refractivity contribution in [2.24, 2.45) is 0 Å². The Bertz CT molecular complexity index is 774. The Morgan fingerprint density at radius 1 is 1.20 bits per heavy atom. The number of hydrogen-bond donors (Lipinski definition) is 1. The van der Waals surface area contributed by atoms with Crippen LogP contribution in [0.3, 0.4) is 0 Å². The topological polar surface area (TPSA) is 68.5 Å². The lowest BCUT2D eigenvalue weighted by molar-refractivity contribution is 0.781. The molecule has 1 N–H and O–H groups in total. The number of nitrogens with zero attached hydrogens (tertiary/aromatic N) is 5. The fourth-order valence-electron chi connectivity index (χ4n) is 2.25. The molecule has 1 aliphatic carbocycles. The molecule has 0 aliphatic heterocycles. The highest BCUT2D eigenvalue weighted by molar-refractivity contribution is 5.75. The Balaban J connectivity index is 1.90. The van der Waals surface area contributed by atoms with E-state index < -0.39 is 0 Å². The van der Waals surface area contributed by atoms with Gasteiger partial charge in [-0.05, 0) is 25.0 Å². The van der Waals surface area contributed by atoms with Crippen LogP contribution in [0.15, 0.2) is 30.3 Å². The van der Waals surface area contributed by atoms with Crippen molar-refractivity contribution in [3.63, 3.8) is 0 Å². The van der Waals surface area contributed by atoms with E-state index in [1.54, 1.807) is 4.68 Å². The molecule has 0 spiro atoms. The maximum absolute atomic E-state index is 4.65. The molecule has 0 saturated heterocycles. The first-order chi connectivity index (χ1) is 9.85. The summed E-state index contributed by atoms with van der Waals surface area (Å²) < 4.78 is 1.77. The van der Waals surface area contributed by atoms with Crippen LogP contribution in [-0.2, 0) is 0 Å². The zero-order valence-electron chi connectivity index (χ0n) is 11.1. The smallest absolute Gasteiger partial charge is 0.161 e. The fourth-order valence-corrected chi connectivity index (χ4v) is 2.25. The third-order valence-corrected chi connectivity index (χ3v) is 3.50. The third-order valence-electron chi connectivity index (χ3n) is 3.50. The van der Waals surface area contributed by atoms with Gasteiger partial charge in [0, 0.05) is 19.0 Å². The largest absolute Gasteiger partial charge is 0.373 e. The summed E-state index contributed by atoms with van der Waals surface area (Å²) in [5.74, 6) is 2.97. The molecule has 0 amide bonds. The predicted octanol–water partition coefficient (Wildman–Crippen LogP) is 2.13. The van der Waals surface area contributed by atoms with Crippen molar-refractivity contribution in [2.45, 2.75) is 18.8 Å². The maximum Gasteiger partial charge on any atom is 0.161 e. The second kappa shape index (κ2) is 4.26. The summed E-state index contributed by atoms with van der Waals surface area (Å²) in [6, 6.07) is 9.77. The molecule has 20 heavy (non-hydrogen) atoms. The highest BCUT2D eigenvalue weighted by Crippen LogP contribution is 2.38. The number of benzene rings is 1. The molecule has 1 aromatic carbocycles. The molecule has 6 nitrogen and oxygen atoms in total. The Labute approximate surface area is 115 Å². The quantitative estimate of drug-likeness (QED) is 0.786. The molecule has 0 atom stereocenters. The fraction of sp³-hybridized carbons (Fsp3) is 0.286. The lowest BCUT2D eigenvalue weighted by atomic mass is 10.3. The van der Waals surface area contributed by atoms with Gasteiger partial charge in [-0.15, -0.1) is 5.10 Å². The SMILES string of the molecule is CNc1cc(-n2nnc3ccccc32)nc(C2CC2)n1. The normalized spacial score (nSPS) is 14.7. The van der Waals surface area contributed by atoms with E-state index in [9.17, 15) is 0 Å². The summed E-state index contributed by atoms with van der Waals surface area (Å²) >= 11 is 0. The van der Waals surface area contributed by atoms with Crippen molar-refractivity contribution in [3.8, 4) is 5.82 Å². The van der Waals surface area contributed by atoms with Crippen molar-refractivity contribution >= 4 is 16.9 Å². The lowest BCUT2D eigenvalue weighted by Gasteiger charge is -2.07. The minimum Gasteiger partial charge on any atom is -0.373 e. The minimum absolute atomic E-state index is 0.497. The maximum atomic E-state index is 4.65. The van der Waals surface area contributed by atoms with Crippen LogP contribution in [0.1, 0.15) is 24.6 Å². The average Bonchev–Trinajstić information content (AvgIpc) is 3.26. The average molecular weight is 266 g/mol. The van der Waals surface area contributed by atoms with E-state index in [1.165, 1.54) is 12.8 Å². The summed E-state index contributed by atoms with van der Waals surface area (Å²) in [5, 5.41) is 11.5. The van der Waals surface area contributed by atoms with E-state index in [0.717, 1.165) is 28.5 Å². The summed E-state index contributed by atoms with van der Waals surface area (Å²) in [6.07, 6.45) is 2.34. The van der Waals surface area contributed by atoms with Gasteiger partial charge < -0.3 is 5.32 Å². The molecule has 1 aliphatic rings. The van der Waals surface area contributed by atoms with Gasteiger partial charge in [0.05, 0.1) is 5.52 Å². The number of hydrogen-bond acceptors (Lipinski definition) is 5. The van der Waals surface area contributed by atoms with E-state index >= 15 is 0 Å². The van der Waals surface area contributed by atoms with E-state index in [1.807, 2.05) is 37.4 Å².